The molecule has 0 amide bonds. The Morgan fingerprint density at radius 3 is 2.36 bits per heavy atom. The van der Waals surface area contributed by atoms with Gasteiger partial charge in [-0.2, -0.15) is 0 Å². The van der Waals surface area contributed by atoms with Crippen molar-refractivity contribution in [2.75, 3.05) is 7.11 Å². The van der Waals surface area contributed by atoms with Gasteiger partial charge in [-0.1, -0.05) is 12.2 Å². The van der Waals surface area contributed by atoms with E-state index in [1.165, 1.54) is 0 Å². The summed E-state index contributed by atoms with van der Waals surface area (Å²) in [6.45, 7) is -4.84. The van der Waals surface area contributed by atoms with Gasteiger partial charge >= 0.3 is 12.9 Å². The lowest BCUT2D eigenvalue weighted by Crippen LogP contribution is -2.18. The number of hydrogen-bond donors (Lipinski definition) is 0. The van der Waals surface area contributed by atoms with Crippen LogP contribution in [0.25, 0.3) is 0 Å². The zero-order valence-corrected chi connectivity index (χ0v) is 5.89. The van der Waals surface area contributed by atoms with E-state index in [1.807, 2.05) is 0 Å². The topological polar surface area (TPSA) is 26.3 Å². The van der Waals surface area contributed by atoms with Gasteiger partial charge in [-0.25, -0.2) is 0 Å². The molecule has 1 rings (SSSR count). The maximum Gasteiger partial charge on any atom is 0.482 e. The van der Waals surface area contributed by atoms with Gasteiger partial charge in [0.1, 0.15) is 0 Å². The molecule has 6 heteroatoms. The summed E-state index contributed by atoms with van der Waals surface area (Å²) in [6, 6.07) is 0. The predicted molar refractivity (Wildman–Crippen MR) is 33.0 cm³/mol. The van der Waals surface area contributed by atoms with Crippen LogP contribution in [0, 0.1) is 5.92 Å². The number of carbonyl (C=O) groups is 1. The van der Waals surface area contributed by atoms with E-state index in [1.54, 1.807) is 0 Å². The van der Waals surface area contributed by atoms with Gasteiger partial charge in [-0.05, 0) is 0 Å². The molecule has 0 N–H and O–H groups in total. The smallest absolute Gasteiger partial charge is 0.469 e. The first kappa shape index (κ1) is 8.42. The van der Waals surface area contributed by atoms with E-state index in [0.717, 1.165) is 7.11 Å². The van der Waals surface area contributed by atoms with Gasteiger partial charge in [-0.3, -0.25) is 4.79 Å². The molecule has 1 aliphatic rings. The second-order valence-electron chi connectivity index (χ2n) is 2.65. The van der Waals surface area contributed by atoms with Gasteiger partial charge < -0.3 is 17.7 Å². The molecule has 0 aromatic rings. The Morgan fingerprint density at radius 1 is 1.55 bits per heavy atom. The van der Waals surface area contributed by atoms with Crippen LogP contribution >= 0.6 is 0 Å². The van der Waals surface area contributed by atoms with Crippen LogP contribution in [0.4, 0.5) is 12.9 Å². The molecule has 0 aromatic carbocycles. The van der Waals surface area contributed by atoms with E-state index >= 15 is 0 Å². The average molecular weight is 167 g/mol. The minimum absolute atomic E-state index is 0.0871. The zero-order valence-electron chi connectivity index (χ0n) is 5.89. The van der Waals surface area contributed by atoms with Gasteiger partial charge in [0.25, 0.3) is 0 Å². The molecule has 11 heavy (non-hydrogen) atoms. The lowest BCUT2D eigenvalue weighted by molar-refractivity contribution is -0.142. The van der Waals surface area contributed by atoms with Crippen molar-refractivity contribution in [3.63, 3.8) is 0 Å². The van der Waals surface area contributed by atoms with Crippen LogP contribution < -0.4 is 0 Å². The molecule has 0 aromatic heterocycles. The fourth-order valence-corrected chi connectivity index (χ4v) is 1.05. The number of rotatable bonds is 2. The molecular weight excluding hydrogens is 160 g/mol. The Balaban J connectivity index is 2.44. The molecule has 2 nitrogen and oxygen atoms in total. The minimum Gasteiger partial charge on any atom is -0.469 e. The Kier molecular flexibility index (Phi) is 1.86. The second kappa shape index (κ2) is 2.42. The van der Waals surface area contributed by atoms with Gasteiger partial charge in [-0.15, -0.1) is 0 Å². The molecule has 2 atom stereocenters. The van der Waals surface area contributed by atoms with E-state index in [-0.39, 0.29) is 6.42 Å². The molecule has 0 radical (unpaired) electrons. The van der Waals surface area contributed by atoms with Gasteiger partial charge in [0.05, 0.1) is 7.11 Å². The highest BCUT2D eigenvalue weighted by atomic mass is 19.4. The minimum atomic E-state index is -4.84. The first-order valence-electron chi connectivity index (χ1n) is 3.24. The predicted octanol–water partition coefficient (Wildman–Crippen LogP) is 1.40. The standard InChI is InChI=1S/C5H7BF3O2/c1-11-5(10)3-2-4(3)6(7,8)9/h3-4H,2H2,1H3/q-1. The van der Waals surface area contributed by atoms with Gasteiger partial charge in [0.2, 0.25) is 0 Å². The normalized spacial score (nSPS) is 29.8. The lowest BCUT2D eigenvalue weighted by atomic mass is 9.82. The summed E-state index contributed by atoms with van der Waals surface area (Å²) in [4.78, 5) is 10.5. The molecular formula is C5H7BF3O2-. The third kappa shape index (κ3) is 1.67. The highest BCUT2D eigenvalue weighted by Gasteiger charge is 2.54. The van der Waals surface area contributed by atoms with E-state index < -0.39 is 24.7 Å². The average Bonchev–Trinajstić information content (AvgIpc) is 2.62. The van der Waals surface area contributed by atoms with Crippen molar-refractivity contribution in [3.8, 4) is 0 Å². The largest absolute Gasteiger partial charge is 0.482 e. The number of methoxy groups -OCH3 is 1. The molecule has 64 valence electrons. The summed E-state index contributed by atoms with van der Waals surface area (Å²) >= 11 is 0. The summed E-state index contributed by atoms with van der Waals surface area (Å²) in [6.07, 6.45) is -0.0871. The van der Waals surface area contributed by atoms with E-state index in [4.69, 9.17) is 0 Å². The van der Waals surface area contributed by atoms with E-state index in [2.05, 4.69) is 4.74 Å². The van der Waals surface area contributed by atoms with Crippen LogP contribution in [0.2, 0.25) is 5.82 Å². The van der Waals surface area contributed by atoms with Crippen molar-refractivity contribution < 1.29 is 22.5 Å². The number of hydrogen-bond acceptors (Lipinski definition) is 2. The van der Waals surface area contributed by atoms with E-state index in [0.29, 0.717) is 0 Å². The summed E-state index contributed by atoms with van der Waals surface area (Å²) < 4.78 is 39.7. The highest BCUT2D eigenvalue weighted by Crippen LogP contribution is 2.53. The molecule has 0 heterocycles. The Bertz CT molecular complexity index is 179. The van der Waals surface area contributed by atoms with Crippen molar-refractivity contribution in [2.24, 2.45) is 5.92 Å². The van der Waals surface area contributed by atoms with Crippen molar-refractivity contribution in [1.29, 1.82) is 0 Å². The van der Waals surface area contributed by atoms with Crippen LogP contribution in [0.5, 0.6) is 0 Å². The molecule has 0 bridgehead atoms. The Morgan fingerprint density at radius 2 is 2.09 bits per heavy atom. The van der Waals surface area contributed by atoms with Crippen molar-refractivity contribution in [3.05, 3.63) is 0 Å². The van der Waals surface area contributed by atoms with E-state index in [9.17, 15) is 17.7 Å². The number of ether oxygens (including phenoxy) is 1. The monoisotopic (exact) mass is 167 g/mol. The summed E-state index contributed by atoms with van der Waals surface area (Å²) in [5, 5.41) is 0. The molecule has 1 fully saturated rings. The zero-order chi connectivity index (χ0) is 8.65. The van der Waals surface area contributed by atoms with Crippen LogP contribution in [0.1, 0.15) is 6.42 Å². The van der Waals surface area contributed by atoms with Gasteiger partial charge in [0, 0.05) is 5.92 Å². The summed E-state index contributed by atoms with van der Waals surface area (Å²) in [5.41, 5.74) is 0. The maximum atomic E-state index is 11.8. The molecule has 0 aliphatic heterocycles. The maximum absolute atomic E-state index is 11.8. The lowest BCUT2D eigenvalue weighted by Gasteiger charge is -2.11. The highest BCUT2D eigenvalue weighted by molar-refractivity contribution is 6.61. The number of carbonyl (C=O) groups excluding carboxylic acids is 1. The molecule has 0 spiro atoms. The molecule has 1 saturated carbocycles. The van der Waals surface area contributed by atoms with Crippen molar-refractivity contribution >= 4 is 12.9 Å². The van der Waals surface area contributed by atoms with Crippen molar-refractivity contribution in [1.82, 2.24) is 0 Å². The first-order valence-corrected chi connectivity index (χ1v) is 3.24. The Labute approximate surface area is 61.8 Å². The Hall–Kier alpha value is -0.675. The quantitative estimate of drug-likeness (QED) is 0.458. The fourth-order valence-electron chi connectivity index (χ4n) is 1.05. The number of esters is 1. The fraction of sp³-hybridized carbons (Fsp3) is 0.800. The molecule has 1 aliphatic carbocycles. The van der Waals surface area contributed by atoms with Crippen LogP contribution in [0.15, 0.2) is 0 Å². The SMILES string of the molecule is COC(=O)C1CC1[B-](F)(F)F. The van der Waals surface area contributed by atoms with Crippen LogP contribution in [-0.2, 0) is 9.53 Å². The molecule has 2 unspecified atom stereocenters. The summed E-state index contributed by atoms with van der Waals surface area (Å²) in [7, 11) is 1.10. The van der Waals surface area contributed by atoms with Gasteiger partial charge in [0.15, 0.2) is 0 Å². The van der Waals surface area contributed by atoms with Crippen LogP contribution in [0.3, 0.4) is 0 Å². The third-order valence-corrected chi connectivity index (χ3v) is 1.83. The summed E-state index contributed by atoms with van der Waals surface area (Å²) in [5.74, 6) is -3.06. The molecule has 0 saturated heterocycles. The van der Waals surface area contributed by atoms with Crippen molar-refractivity contribution in [2.45, 2.75) is 12.2 Å². The third-order valence-electron chi connectivity index (χ3n) is 1.83. The number of halogens is 3. The second-order valence-corrected chi connectivity index (χ2v) is 2.65. The van der Waals surface area contributed by atoms with Crippen LogP contribution in [-0.4, -0.2) is 20.1 Å². The first-order chi connectivity index (χ1) is 4.96.